The van der Waals surface area contributed by atoms with Crippen LogP contribution in [0.5, 0.6) is 5.75 Å². The zero-order valence-corrected chi connectivity index (χ0v) is 17.0. The molecule has 0 fully saturated rings. The van der Waals surface area contributed by atoms with Crippen molar-refractivity contribution in [2.75, 3.05) is 17.1 Å². The van der Waals surface area contributed by atoms with Crippen LogP contribution in [0.4, 0.5) is 17.3 Å². The Kier molecular flexibility index (Phi) is 5.51. The number of hydrogen-bond acceptors (Lipinski definition) is 6. The first-order chi connectivity index (χ1) is 13.3. The highest BCUT2D eigenvalue weighted by Crippen LogP contribution is 2.28. The zero-order chi connectivity index (χ0) is 20.3. The third-order valence-electron chi connectivity index (χ3n) is 4.26. The van der Waals surface area contributed by atoms with E-state index in [9.17, 15) is 8.42 Å². The maximum Gasteiger partial charge on any atom is 0.266 e. The molecule has 0 aliphatic heterocycles. The summed E-state index contributed by atoms with van der Waals surface area (Å²) in [4.78, 5) is 0.0573. The summed E-state index contributed by atoms with van der Waals surface area (Å²) in [6, 6.07) is 14.3. The van der Waals surface area contributed by atoms with Crippen LogP contribution in [0.3, 0.4) is 0 Å². The largest absolute Gasteiger partial charge is 0.495 e. The molecule has 0 aliphatic carbocycles. The lowest BCUT2D eigenvalue weighted by atomic mass is 10.1. The second kappa shape index (κ2) is 7.85. The van der Waals surface area contributed by atoms with Crippen LogP contribution < -0.4 is 14.8 Å². The summed E-state index contributed by atoms with van der Waals surface area (Å²) in [6.45, 7) is 5.74. The van der Waals surface area contributed by atoms with Crippen molar-refractivity contribution >= 4 is 27.3 Å². The quantitative estimate of drug-likeness (QED) is 0.653. The van der Waals surface area contributed by atoms with Crippen molar-refractivity contribution < 1.29 is 13.2 Å². The minimum atomic E-state index is -3.87. The van der Waals surface area contributed by atoms with Crippen molar-refractivity contribution in [3.63, 3.8) is 0 Å². The molecule has 146 valence electrons. The van der Waals surface area contributed by atoms with E-state index in [1.54, 1.807) is 24.3 Å². The van der Waals surface area contributed by atoms with Crippen molar-refractivity contribution in [2.45, 2.75) is 25.7 Å². The van der Waals surface area contributed by atoms with Crippen molar-refractivity contribution in [2.24, 2.45) is 0 Å². The molecule has 3 rings (SSSR count). The predicted molar refractivity (Wildman–Crippen MR) is 110 cm³/mol. The molecule has 0 saturated heterocycles. The van der Waals surface area contributed by atoms with Gasteiger partial charge in [-0.1, -0.05) is 12.1 Å². The van der Waals surface area contributed by atoms with Crippen molar-refractivity contribution in [3.8, 4) is 5.75 Å². The topological polar surface area (TPSA) is 93.2 Å². The molecule has 8 heteroatoms. The fourth-order valence-electron chi connectivity index (χ4n) is 2.65. The number of nitrogens with one attached hydrogen (secondary N) is 2. The normalized spacial score (nSPS) is 11.1. The second-order valence-corrected chi connectivity index (χ2v) is 8.14. The van der Waals surface area contributed by atoms with Crippen LogP contribution in [0.15, 0.2) is 53.4 Å². The van der Waals surface area contributed by atoms with Crippen LogP contribution in [0.25, 0.3) is 0 Å². The lowest BCUT2D eigenvalue weighted by Crippen LogP contribution is -2.16. The molecule has 0 aliphatic rings. The lowest BCUT2D eigenvalue weighted by Gasteiger charge is -2.13. The number of aromatic nitrogens is 2. The molecule has 1 aromatic heterocycles. The summed E-state index contributed by atoms with van der Waals surface area (Å²) in [6.07, 6.45) is 0. The van der Waals surface area contributed by atoms with E-state index in [0.29, 0.717) is 5.82 Å². The number of methoxy groups -OCH3 is 1. The SMILES string of the molecule is COc1cc(C)c(C)cc1S(=O)(=O)Nc1ccc(Nc2cccc(C)c2)nn1. The standard InChI is InChI=1S/C20H22N4O3S/c1-13-6-5-7-16(10-13)21-19-8-9-20(23-22-19)24-28(25,26)18-12-15(3)14(2)11-17(18)27-4/h5-12H,1-4H3,(H,21,22)(H,23,24). The van der Waals surface area contributed by atoms with E-state index in [2.05, 4.69) is 20.2 Å². The van der Waals surface area contributed by atoms with Crippen molar-refractivity contribution in [1.82, 2.24) is 10.2 Å². The van der Waals surface area contributed by atoms with Gasteiger partial charge in [-0.2, -0.15) is 0 Å². The number of benzene rings is 2. The van der Waals surface area contributed by atoms with E-state index in [0.717, 1.165) is 22.4 Å². The molecule has 7 nitrogen and oxygen atoms in total. The van der Waals surface area contributed by atoms with Gasteiger partial charge in [0.25, 0.3) is 10.0 Å². The second-order valence-electron chi connectivity index (χ2n) is 6.49. The maximum atomic E-state index is 12.8. The smallest absolute Gasteiger partial charge is 0.266 e. The molecule has 0 saturated carbocycles. The Hall–Kier alpha value is -3.13. The highest BCUT2D eigenvalue weighted by Gasteiger charge is 2.21. The molecule has 2 aromatic carbocycles. The van der Waals surface area contributed by atoms with E-state index >= 15 is 0 Å². The first-order valence-electron chi connectivity index (χ1n) is 8.64. The van der Waals surface area contributed by atoms with E-state index in [4.69, 9.17) is 4.74 Å². The Balaban J connectivity index is 1.81. The van der Waals surface area contributed by atoms with E-state index in [1.165, 1.54) is 7.11 Å². The van der Waals surface area contributed by atoms with Gasteiger partial charge in [-0.25, -0.2) is 8.42 Å². The Bertz CT molecular complexity index is 1100. The molecule has 28 heavy (non-hydrogen) atoms. The number of sulfonamides is 1. The first kappa shape index (κ1) is 19.6. The van der Waals surface area contributed by atoms with Gasteiger partial charge >= 0.3 is 0 Å². The van der Waals surface area contributed by atoms with E-state index in [-0.39, 0.29) is 16.5 Å². The molecule has 0 bridgehead atoms. The van der Waals surface area contributed by atoms with Gasteiger partial charge in [-0.3, -0.25) is 4.72 Å². The molecule has 0 amide bonds. The monoisotopic (exact) mass is 398 g/mol. The zero-order valence-electron chi connectivity index (χ0n) is 16.1. The molecule has 0 radical (unpaired) electrons. The summed E-state index contributed by atoms with van der Waals surface area (Å²) < 4.78 is 33.2. The van der Waals surface area contributed by atoms with Gasteiger partial charge in [-0.15, -0.1) is 10.2 Å². The fourth-order valence-corrected chi connectivity index (χ4v) is 3.88. The van der Waals surface area contributed by atoms with Crippen LogP contribution in [0, 0.1) is 20.8 Å². The Labute approximate surface area is 164 Å². The molecule has 0 spiro atoms. The average molecular weight is 398 g/mol. The minimum Gasteiger partial charge on any atom is -0.495 e. The molecule has 3 aromatic rings. The maximum absolute atomic E-state index is 12.8. The molecular weight excluding hydrogens is 376 g/mol. The van der Waals surface area contributed by atoms with Crippen LogP contribution in [-0.2, 0) is 10.0 Å². The van der Waals surface area contributed by atoms with Crippen LogP contribution in [-0.4, -0.2) is 25.7 Å². The number of rotatable bonds is 6. The Morgan fingerprint density at radius 2 is 1.57 bits per heavy atom. The lowest BCUT2D eigenvalue weighted by molar-refractivity contribution is 0.402. The summed E-state index contributed by atoms with van der Waals surface area (Å²) in [5, 5.41) is 11.1. The number of aryl methyl sites for hydroxylation is 3. The number of hydrogen-bond donors (Lipinski definition) is 2. The van der Waals surface area contributed by atoms with Crippen molar-refractivity contribution in [3.05, 3.63) is 65.2 Å². The molecule has 2 N–H and O–H groups in total. The summed E-state index contributed by atoms with van der Waals surface area (Å²) >= 11 is 0. The van der Waals surface area contributed by atoms with Gasteiger partial charge in [0, 0.05) is 5.69 Å². The number of nitrogens with zero attached hydrogens (tertiary/aromatic N) is 2. The number of ether oxygens (including phenoxy) is 1. The van der Waals surface area contributed by atoms with Gasteiger partial charge in [0.15, 0.2) is 11.6 Å². The van der Waals surface area contributed by atoms with E-state index in [1.807, 2.05) is 45.0 Å². The Morgan fingerprint density at radius 3 is 2.21 bits per heavy atom. The van der Waals surface area contributed by atoms with Gasteiger partial charge in [0.1, 0.15) is 10.6 Å². The number of anilines is 3. The van der Waals surface area contributed by atoms with Gasteiger partial charge in [0.2, 0.25) is 0 Å². The van der Waals surface area contributed by atoms with Gasteiger partial charge < -0.3 is 10.1 Å². The molecule has 0 unspecified atom stereocenters. The predicted octanol–water partition coefficient (Wildman–Crippen LogP) is 3.95. The minimum absolute atomic E-state index is 0.0573. The van der Waals surface area contributed by atoms with Gasteiger partial charge in [0.05, 0.1) is 7.11 Å². The molecular formula is C20H22N4O3S. The summed E-state index contributed by atoms with van der Waals surface area (Å²) in [5.74, 6) is 0.911. The van der Waals surface area contributed by atoms with Crippen molar-refractivity contribution in [1.29, 1.82) is 0 Å². The molecule has 0 atom stereocenters. The van der Waals surface area contributed by atoms with E-state index < -0.39 is 10.0 Å². The van der Waals surface area contributed by atoms with Crippen LogP contribution in [0.2, 0.25) is 0 Å². The average Bonchev–Trinajstić information content (AvgIpc) is 2.65. The third kappa shape index (κ3) is 4.40. The summed E-state index contributed by atoms with van der Waals surface area (Å²) in [5.41, 5.74) is 3.79. The first-order valence-corrected chi connectivity index (χ1v) is 10.1. The highest BCUT2D eigenvalue weighted by molar-refractivity contribution is 7.92. The highest BCUT2D eigenvalue weighted by atomic mass is 32.2. The fraction of sp³-hybridized carbons (Fsp3) is 0.200. The molecule has 1 heterocycles. The third-order valence-corrected chi connectivity index (χ3v) is 5.64. The summed E-state index contributed by atoms with van der Waals surface area (Å²) in [7, 11) is -2.43. The van der Waals surface area contributed by atoms with Gasteiger partial charge in [-0.05, 0) is 73.9 Å². The van der Waals surface area contributed by atoms with Crippen LogP contribution in [0.1, 0.15) is 16.7 Å². The Morgan fingerprint density at radius 1 is 0.893 bits per heavy atom. The van der Waals surface area contributed by atoms with Crippen LogP contribution >= 0.6 is 0 Å².